The summed E-state index contributed by atoms with van der Waals surface area (Å²) >= 11 is 0. The number of nitrogens with zero attached hydrogens (tertiary/aromatic N) is 1. The lowest BCUT2D eigenvalue weighted by Gasteiger charge is -2.09. The predicted molar refractivity (Wildman–Crippen MR) is 76.0 cm³/mol. The number of aromatic nitrogens is 1. The lowest BCUT2D eigenvalue weighted by Crippen LogP contribution is -2.07. The summed E-state index contributed by atoms with van der Waals surface area (Å²) < 4.78 is 28.6. The third-order valence-electron chi connectivity index (χ3n) is 2.81. The molecule has 0 aliphatic rings. The summed E-state index contributed by atoms with van der Waals surface area (Å²) in [4.78, 5) is 4.40. The van der Waals surface area contributed by atoms with Crippen LogP contribution in [-0.4, -0.2) is 19.7 Å². The molecule has 6 heteroatoms. The van der Waals surface area contributed by atoms with Crippen molar-refractivity contribution in [3.63, 3.8) is 0 Å². The molecule has 0 radical (unpaired) electrons. The molecule has 0 aliphatic carbocycles. The van der Waals surface area contributed by atoms with E-state index >= 15 is 0 Å². The maximum Gasteiger partial charge on any atom is 0.175 e. The zero-order valence-electron chi connectivity index (χ0n) is 11.1. The van der Waals surface area contributed by atoms with Crippen molar-refractivity contribution in [3.8, 4) is 5.75 Å². The predicted octanol–water partition coefficient (Wildman–Crippen LogP) is 1.52. The van der Waals surface area contributed by atoms with Crippen molar-refractivity contribution < 1.29 is 13.2 Å². The normalized spacial score (nSPS) is 11.3. The van der Waals surface area contributed by atoms with Crippen LogP contribution < -0.4 is 10.5 Å². The molecule has 2 rings (SSSR count). The zero-order valence-corrected chi connectivity index (χ0v) is 11.9. The Kier molecular flexibility index (Phi) is 4.36. The molecule has 106 valence electrons. The van der Waals surface area contributed by atoms with E-state index in [1.165, 1.54) is 18.4 Å². The smallest absolute Gasteiger partial charge is 0.175 e. The summed E-state index contributed by atoms with van der Waals surface area (Å²) in [5, 5.41) is 0. The van der Waals surface area contributed by atoms with Crippen molar-refractivity contribution in [3.05, 3.63) is 53.9 Å². The third-order valence-corrected chi connectivity index (χ3v) is 3.92. The molecule has 1 aromatic carbocycles. The van der Waals surface area contributed by atoms with Crippen LogP contribution in [0.25, 0.3) is 0 Å². The number of sulfone groups is 1. The van der Waals surface area contributed by atoms with Crippen LogP contribution in [0.2, 0.25) is 0 Å². The fraction of sp³-hybridized carbons (Fsp3) is 0.214. The minimum Gasteiger partial charge on any atom is -0.489 e. The first kappa shape index (κ1) is 14.5. The van der Waals surface area contributed by atoms with Crippen LogP contribution in [0.1, 0.15) is 11.3 Å². The van der Waals surface area contributed by atoms with Crippen molar-refractivity contribution in [2.24, 2.45) is 5.73 Å². The highest BCUT2D eigenvalue weighted by molar-refractivity contribution is 7.90. The SMILES string of the molecule is CS(=O)(=O)c1cccc(OCc2cccnc2CN)c1. The van der Waals surface area contributed by atoms with Crippen molar-refractivity contribution in [1.29, 1.82) is 0 Å². The van der Waals surface area contributed by atoms with Gasteiger partial charge in [-0.25, -0.2) is 8.42 Å². The highest BCUT2D eigenvalue weighted by atomic mass is 32.2. The Labute approximate surface area is 118 Å². The van der Waals surface area contributed by atoms with Gasteiger partial charge in [-0.15, -0.1) is 0 Å². The Balaban J connectivity index is 2.15. The van der Waals surface area contributed by atoms with Crippen molar-refractivity contribution in [2.75, 3.05) is 6.26 Å². The molecule has 0 saturated heterocycles. The van der Waals surface area contributed by atoms with Crippen LogP contribution in [0, 0.1) is 0 Å². The molecular formula is C14H16N2O3S. The molecule has 0 aliphatic heterocycles. The lowest BCUT2D eigenvalue weighted by atomic mass is 10.2. The van der Waals surface area contributed by atoms with E-state index in [2.05, 4.69) is 4.98 Å². The first-order chi connectivity index (χ1) is 9.50. The molecule has 1 aromatic heterocycles. The second-order valence-corrected chi connectivity index (χ2v) is 6.36. The molecule has 2 N–H and O–H groups in total. The lowest BCUT2D eigenvalue weighted by molar-refractivity contribution is 0.303. The van der Waals surface area contributed by atoms with Crippen molar-refractivity contribution in [2.45, 2.75) is 18.0 Å². The fourth-order valence-electron chi connectivity index (χ4n) is 1.74. The molecule has 0 amide bonds. The van der Waals surface area contributed by atoms with E-state index in [9.17, 15) is 8.42 Å². The minimum atomic E-state index is -3.23. The number of pyridine rings is 1. The average Bonchev–Trinajstić information content (AvgIpc) is 2.45. The molecule has 1 heterocycles. The van der Waals surface area contributed by atoms with Gasteiger partial charge >= 0.3 is 0 Å². The Bertz CT molecular complexity index is 699. The van der Waals surface area contributed by atoms with Crippen LogP contribution in [-0.2, 0) is 23.0 Å². The van der Waals surface area contributed by atoms with Gasteiger partial charge in [-0.3, -0.25) is 4.98 Å². The topological polar surface area (TPSA) is 82.3 Å². The second kappa shape index (κ2) is 6.02. The van der Waals surface area contributed by atoms with Crippen LogP contribution in [0.15, 0.2) is 47.5 Å². The Hall–Kier alpha value is -1.92. The molecule has 0 spiro atoms. The Morgan fingerprint density at radius 1 is 1.25 bits per heavy atom. The van der Waals surface area contributed by atoms with Gasteiger partial charge in [-0.2, -0.15) is 0 Å². The number of nitrogens with two attached hydrogens (primary N) is 1. The van der Waals surface area contributed by atoms with Crippen LogP contribution in [0.4, 0.5) is 0 Å². The van der Waals surface area contributed by atoms with Crippen molar-refractivity contribution >= 4 is 9.84 Å². The highest BCUT2D eigenvalue weighted by Gasteiger charge is 2.08. The van der Waals surface area contributed by atoms with Gasteiger partial charge in [-0.1, -0.05) is 12.1 Å². The monoisotopic (exact) mass is 292 g/mol. The van der Waals surface area contributed by atoms with Gasteiger partial charge in [0, 0.05) is 24.6 Å². The fourth-order valence-corrected chi connectivity index (χ4v) is 2.40. The van der Waals surface area contributed by atoms with E-state index in [1.807, 2.05) is 12.1 Å². The van der Waals surface area contributed by atoms with Crippen LogP contribution in [0.5, 0.6) is 5.75 Å². The van der Waals surface area contributed by atoms with Gasteiger partial charge in [0.05, 0.1) is 10.6 Å². The first-order valence-electron chi connectivity index (χ1n) is 6.06. The van der Waals surface area contributed by atoms with E-state index in [4.69, 9.17) is 10.5 Å². The molecule has 20 heavy (non-hydrogen) atoms. The van der Waals surface area contributed by atoms with Gasteiger partial charge in [0.2, 0.25) is 0 Å². The van der Waals surface area contributed by atoms with Crippen LogP contribution >= 0.6 is 0 Å². The third kappa shape index (κ3) is 3.55. The van der Waals surface area contributed by atoms with E-state index in [0.29, 0.717) is 18.9 Å². The van der Waals surface area contributed by atoms with Gasteiger partial charge in [0.25, 0.3) is 0 Å². The van der Waals surface area contributed by atoms with Gasteiger partial charge in [0.15, 0.2) is 9.84 Å². The van der Waals surface area contributed by atoms with Gasteiger partial charge in [-0.05, 0) is 24.3 Å². The Morgan fingerprint density at radius 2 is 2.05 bits per heavy atom. The van der Waals surface area contributed by atoms with Crippen LogP contribution in [0.3, 0.4) is 0 Å². The standard InChI is InChI=1S/C14H16N2O3S/c1-20(17,18)13-6-2-5-12(8-13)19-10-11-4-3-7-16-14(11)9-15/h2-8H,9-10,15H2,1H3. The van der Waals surface area contributed by atoms with E-state index in [1.54, 1.807) is 18.3 Å². The molecule has 0 saturated carbocycles. The van der Waals surface area contributed by atoms with Crippen molar-refractivity contribution in [1.82, 2.24) is 4.98 Å². The van der Waals surface area contributed by atoms with E-state index in [-0.39, 0.29) is 4.90 Å². The average molecular weight is 292 g/mol. The summed E-state index contributed by atoms with van der Waals surface area (Å²) in [5.41, 5.74) is 7.26. The quantitative estimate of drug-likeness (QED) is 0.903. The van der Waals surface area contributed by atoms with Gasteiger partial charge in [0.1, 0.15) is 12.4 Å². The summed E-state index contributed by atoms with van der Waals surface area (Å²) in [6.07, 6.45) is 2.84. The first-order valence-corrected chi connectivity index (χ1v) is 7.95. The number of hydrogen-bond acceptors (Lipinski definition) is 5. The molecule has 5 nitrogen and oxygen atoms in total. The maximum absolute atomic E-state index is 11.5. The minimum absolute atomic E-state index is 0.236. The zero-order chi connectivity index (χ0) is 14.6. The summed E-state index contributed by atoms with van der Waals surface area (Å²) in [6, 6.07) is 10.1. The number of hydrogen-bond donors (Lipinski definition) is 1. The molecular weight excluding hydrogens is 276 g/mol. The summed E-state index contributed by atoms with van der Waals surface area (Å²) in [5.74, 6) is 0.500. The molecule has 0 fully saturated rings. The summed E-state index contributed by atoms with van der Waals surface area (Å²) in [6.45, 7) is 0.635. The van der Waals surface area contributed by atoms with E-state index < -0.39 is 9.84 Å². The van der Waals surface area contributed by atoms with Gasteiger partial charge < -0.3 is 10.5 Å². The number of ether oxygens (including phenoxy) is 1. The molecule has 0 unspecified atom stereocenters. The molecule has 0 bridgehead atoms. The molecule has 2 aromatic rings. The second-order valence-electron chi connectivity index (χ2n) is 4.35. The van der Waals surface area contributed by atoms with E-state index in [0.717, 1.165) is 11.3 Å². The molecule has 0 atom stereocenters. The Morgan fingerprint density at radius 3 is 2.75 bits per heavy atom. The largest absolute Gasteiger partial charge is 0.489 e. The summed E-state index contributed by atoms with van der Waals surface area (Å²) in [7, 11) is -3.23. The number of benzene rings is 1. The highest BCUT2D eigenvalue weighted by Crippen LogP contribution is 2.19. The number of rotatable bonds is 5. The maximum atomic E-state index is 11.5.